The predicted molar refractivity (Wildman–Crippen MR) is 251 cm³/mol. The summed E-state index contributed by atoms with van der Waals surface area (Å²) in [6, 6.07) is 9.02. The molecule has 1 aliphatic heterocycles. The number of carbonyl (C=O) groups is 6. The third-order valence-electron chi connectivity index (χ3n) is 12.3. The summed E-state index contributed by atoms with van der Waals surface area (Å²) in [7, 11) is -3.53. The number of likely N-dealkylation sites (N-methyl/N-ethyl adjacent to an activating group) is 1. The quantitative estimate of drug-likeness (QED) is 0.0538. The van der Waals surface area contributed by atoms with Crippen LogP contribution in [0.5, 0.6) is 0 Å². The van der Waals surface area contributed by atoms with E-state index < -0.39 is 86.2 Å². The average molecular weight is 968 g/mol. The van der Waals surface area contributed by atoms with E-state index in [1.807, 2.05) is 47.6 Å². The van der Waals surface area contributed by atoms with E-state index in [4.69, 9.17) is 9.79 Å². The summed E-state index contributed by atoms with van der Waals surface area (Å²) in [4.78, 5) is 116. The van der Waals surface area contributed by atoms with Gasteiger partial charge in [-0.25, -0.2) is 9.55 Å². The Balaban J connectivity index is 1.56. The lowest BCUT2D eigenvalue weighted by molar-refractivity contribution is -0.144. The summed E-state index contributed by atoms with van der Waals surface area (Å²) in [6.45, 7) is 10.7. The highest BCUT2D eigenvalue weighted by atomic mass is 31.2. The molecule has 1 fully saturated rings. The minimum atomic E-state index is -4.97. The van der Waals surface area contributed by atoms with Gasteiger partial charge in [0.25, 0.3) is 0 Å². The van der Waals surface area contributed by atoms with Crippen molar-refractivity contribution in [3.63, 3.8) is 0 Å². The number of amides is 6. The standard InChI is InChI=1S/C47H70N9O11P/c1-8-31(6)42(46(62)50-26-33-17-12-13-19-49-33)54-43(59)35(30(4)5)24-40(57)36(21-29(2)3)52-45(61)39(23-34-25-48-28-51-34)55(7)47(63)37(22-32-15-10-9-11-16-32)53-44(60)38-18-14-20-56(38)41(58)27-67-68(64,65)66/h9-13,15-17,19,25,28-31,35-40,42,57H,8,14,18,20-24,26-27H2,1-7H3,(H,48,51)(H,50,62)(H,52,61)(H,53,60)(H,54,59)(H2,64,65,66)/t31-,35-,36-,37-,38-,39-,40-,42-/m0/s1. The number of pyridine rings is 1. The number of phosphoric acid groups is 1. The van der Waals surface area contributed by atoms with Gasteiger partial charge in [0.05, 0.1) is 30.7 Å². The maximum atomic E-state index is 14.7. The highest BCUT2D eigenvalue weighted by Gasteiger charge is 2.40. The van der Waals surface area contributed by atoms with Crippen LogP contribution in [0.15, 0.2) is 67.3 Å². The van der Waals surface area contributed by atoms with Gasteiger partial charge in [0.15, 0.2) is 0 Å². The van der Waals surface area contributed by atoms with E-state index in [1.54, 1.807) is 48.7 Å². The molecule has 1 aromatic carbocycles. The lowest BCUT2D eigenvalue weighted by Gasteiger charge is -2.35. The summed E-state index contributed by atoms with van der Waals surface area (Å²) in [6.07, 6.45) is 4.81. The van der Waals surface area contributed by atoms with Gasteiger partial charge in [0, 0.05) is 50.4 Å². The van der Waals surface area contributed by atoms with Gasteiger partial charge in [-0.3, -0.25) is 38.3 Å². The Bertz CT molecular complexity index is 2140. The second kappa shape index (κ2) is 26.3. The fourth-order valence-corrected chi connectivity index (χ4v) is 8.52. The van der Waals surface area contributed by atoms with Gasteiger partial charge < -0.3 is 50.9 Å². The van der Waals surface area contributed by atoms with Gasteiger partial charge in [-0.1, -0.05) is 84.4 Å². The Morgan fingerprint density at radius 2 is 1.63 bits per heavy atom. The van der Waals surface area contributed by atoms with Crippen LogP contribution >= 0.6 is 7.82 Å². The predicted octanol–water partition coefficient (Wildman–Crippen LogP) is 2.40. The molecule has 374 valence electrons. The molecule has 0 unspecified atom stereocenters. The van der Waals surface area contributed by atoms with E-state index in [0.717, 1.165) is 4.90 Å². The molecule has 3 heterocycles. The van der Waals surface area contributed by atoms with Crippen molar-refractivity contribution in [1.82, 2.24) is 46.0 Å². The number of aliphatic hydroxyl groups is 1. The van der Waals surface area contributed by atoms with Gasteiger partial charge in [-0.2, -0.15) is 0 Å². The maximum absolute atomic E-state index is 14.7. The topological polar surface area (TPSA) is 286 Å². The second-order valence-electron chi connectivity index (χ2n) is 18.3. The molecule has 21 heteroatoms. The van der Waals surface area contributed by atoms with E-state index >= 15 is 0 Å². The van der Waals surface area contributed by atoms with Crippen molar-refractivity contribution in [2.24, 2.45) is 23.7 Å². The molecular weight excluding hydrogens is 898 g/mol. The molecule has 3 aromatic rings. The Hall–Kier alpha value is -5.53. The minimum absolute atomic E-state index is 0.00720. The molecular formula is C47H70N9O11P. The first-order valence-corrected chi connectivity index (χ1v) is 24.8. The number of imidazole rings is 1. The number of phosphoric ester groups is 1. The normalized spacial score (nSPS) is 17.1. The number of hydrogen-bond acceptors (Lipinski definition) is 11. The number of rotatable bonds is 26. The minimum Gasteiger partial charge on any atom is -0.391 e. The largest absolute Gasteiger partial charge is 0.470 e. The number of likely N-dealkylation sites (tertiary alicyclic amines) is 1. The SMILES string of the molecule is CC[C@H](C)[C@H](NC(=O)[C@@H](C[C@H](O)[C@H](CC(C)C)NC(=O)[C@H](Cc1cnc[nH]1)N(C)C(=O)[C@H](Cc1ccccc1)NC(=O)[C@@H]1CCCN1C(=O)COP(=O)(O)O)C(C)C)C(=O)NCc1ccccn1. The Morgan fingerprint density at radius 3 is 2.24 bits per heavy atom. The van der Waals surface area contributed by atoms with Crippen LogP contribution in [0.4, 0.5) is 0 Å². The number of carbonyl (C=O) groups excluding carboxylic acids is 6. The zero-order valence-electron chi connectivity index (χ0n) is 40.0. The van der Waals surface area contributed by atoms with Crippen molar-refractivity contribution in [3.05, 3.63) is 84.2 Å². The third-order valence-corrected chi connectivity index (χ3v) is 12.8. The van der Waals surface area contributed by atoms with E-state index in [2.05, 4.69) is 40.7 Å². The van der Waals surface area contributed by atoms with E-state index in [-0.39, 0.29) is 62.4 Å². The van der Waals surface area contributed by atoms with E-state index in [0.29, 0.717) is 36.2 Å². The number of hydrogen-bond donors (Lipinski definition) is 8. The molecule has 0 radical (unpaired) electrons. The van der Waals surface area contributed by atoms with Gasteiger partial charge >= 0.3 is 7.82 Å². The number of nitrogens with one attached hydrogen (secondary N) is 5. The fraction of sp³-hybridized carbons (Fsp3) is 0.574. The van der Waals surface area contributed by atoms with Gasteiger partial charge in [-0.15, -0.1) is 0 Å². The van der Waals surface area contributed by atoms with Crippen molar-refractivity contribution in [2.45, 2.75) is 129 Å². The Labute approximate surface area is 398 Å². The average Bonchev–Trinajstić information content (AvgIpc) is 4.02. The van der Waals surface area contributed by atoms with Crippen LogP contribution < -0.4 is 21.3 Å². The highest BCUT2D eigenvalue weighted by Crippen LogP contribution is 2.36. The Kier molecular flexibility index (Phi) is 21.3. The number of aromatic amines is 1. The lowest BCUT2D eigenvalue weighted by atomic mass is 9.85. The number of aromatic nitrogens is 3. The zero-order chi connectivity index (χ0) is 50.1. The molecule has 8 atom stereocenters. The fourth-order valence-electron chi connectivity index (χ4n) is 8.25. The van der Waals surface area contributed by atoms with Crippen molar-refractivity contribution in [1.29, 1.82) is 0 Å². The van der Waals surface area contributed by atoms with Crippen molar-refractivity contribution < 1.29 is 52.7 Å². The Morgan fingerprint density at radius 1 is 0.926 bits per heavy atom. The number of benzene rings is 1. The molecule has 6 amide bonds. The van der Waals surface area contributed by atoms with Gasteiger partial charge in [-0.05, 0) is 61.1 Å². The van der Waals surface area contributed by atoms with E-state index in [1.165, 1.54) is 24.5 Å². The molecule has 8 N–H and O–H groups in total. The zero-order valence-corrected chi connectivity index (χ0v) is 40.9. The smallest absolute Gasteiger partial charge is 0.391 e. The molecule has 0 aliphatic carbocycles. The summed E-state index contributed by atoms with van der Waals surface area (Å²) in [5.41, 5.74) is 1.87. The van der Waals surface area contributed by atoms with Crippen LogP contribution in [0, 0.1) is 23.7 Å². The van der Waals surface area contributed by atoms with Crippen LogP contribution in [0.25, 0.3) is 0 Å². The van der Waals surface area contributed by atoms with Crippen molar-refractivity contribution in [3.8, 4) is 0 Å². The summed E-state index contributed by atoms with van der Waals surface area (Å²) in [5.74, 6) is -4.79. The van der Waals surface area contributed by atoms with Crippen LogP contribution in [0.1, 0.15) is 90.6 Å². The van der Waals surface area contributed by atoms with Crippen LogP contribution in [0.2, 0.25) is 0 Å². The lowest BCUT2D eigenvalue weighted by Crippen LogP contribution is -2.59. The molecule has 0 spiro atoms. The first kappa shape index (κ1) is 55.1. The maximum Gasteiger partial charge on any atom is 0.470 e. The van der Waals surface area contributed by atoms with Crippen molar-refractivity contribution >= 4 is 43.3 Å². The molecule has 4 rings (SSSR count). The highest BCUT2D eigenvalue weighted by molar-refractivity contribution is 7.46. The number of H-pyrrole nitrogens is 1. The van der Waals surface area contributed by atoms with Gasteiger partial charge in [0.2, 0.25) is 35.4 Å². The third kappa shape index (κ3) is 16.9. The van der Waals surface area contributed by atoms with Crippen molar-refractivity contribution in [2.75, 3.05) is 20.2 Å². The van der Waals surface area contributed by atoms with E-state index in [9.17, 15) is 38.4 Å². The molecule has 2 aromatic heterocycles. The monoisotopic (exact) mass is 967 g/mol. The number of aliphatic hydroxyl groups excluding tert-OH is 1. The van der Waals surface area contributed by atoms with Crippen LogP contribution in [-0.4, -0.2) is 132 Å². The number of nitrogens with zero attached hydrogens (tertiary/aromatic N) is 4. The first-order chi connectivity index (χ1) is 32.2. The van der Waals surface area contributed by atoms with Crippen LogP contribution in [0.3, 0.4) is 0 Å². The first-order valence-electron chi connectivity index (χ1n) is 23.2. The molecule has 68 heavy (non-hydrogen) atoms. The summed E-state index contributed by atoms with van der Waals surface area (Å²) >= 11 is 0. The summed E-state index contributed by atoms with van der Waals surface area (Å²) < 4.78 is 15.7. The van der Waals surface area contributed by atoms with Crippen LogP contribution in [-0.2, 0) is 57.2 Å². The molecule has 0 bridgehead atoms. The second-order valence-corrected chi connectivity index (χ2v) is 19.6. The summed E-state index contributed by atoms with van der Waals surface area (Å²) in [5, 5.41) is 23.6. The molecule has 1 aliphatic rings. The molecule has 0 saturated carbocycles. The molecule has 20 nitrogen and oxygen atoms in total. The van der Waals surface area contributed by atoms with Gasteiger partial charge in [0.1, 0.15) is 30.8 Å². The molecule has 1 saturated heterocycles.